The molecular formula is C27H33NO2. The maximum Gasteiger partial charge on any atom is 0.127 e. The van der Waals surface area contributed by atoms with E-state index in [9.17, 15) is 0 Å². The maximum atomic E-state index is 6.20. The van der Waals surface area contributed by atoms with Crippen LogP contribution in [0.2, 0.25) is 0 Å². The number of benzene rings is 3. The van der Waals surface area contributed by atoms with Crippen LogP contribution in [-0.2, 0) is 19.8 Å². The molecule has 0 aromatic heterocycles. The van der Waals surface area contributed by atoms with Crippen LogP contribution in [-0.4, -0.2) is 6.54 Å². The number of ether oxygens (including phenoxy) is 2. The van der Waals surface area contributed by atoms with Crippen molar-refractivity contribution in [2.24, 2.45) is 5.41 Å². The number of hydrogen-bond acceptors (Lipinski definition) is 3. The second kappa shape index (κ2) is 10.8. The van der Waals surface area contributed by atoms with Gasteiger partial charge in [0.25, 0.3) is 0 Å². The summed E-state index contributed by atoms with van der Waals surface area (Å²) in [6.45, 7) is 9.62. The van der Waals surface area contributed by atoms with Crippen LogP contribution in [0.3, 0.4) is 0 Å². The van der Waals surface area contributed by atoms with Gasteiger partial charge in [-0.3, -0.25) is 0 Å². The van der Waals surface area contributed by atoms with Gasteiger partial charge in [-0.2, -0.15) is 0 Å². The zero-order valence-electron chi connectivity index (χ0n) is 18.4. The van der Waals surface area contributed by atoms with Gasteiger partial charge in [0.2, 0.25) is 0 Å². The third-order valence-electron chi connectivity index (χ3n) is 5.40. The van der Waals surface area contributed by atoms with E-state index in [1.165, 1.54) is 0 Å². The van der Waals surface area contributed by atoms with Crippen LogP contribution in [0.1, 0.15) is 43.9 Å². The van der Waals surface area contributed by atoms with Crippen molar-refractivity contribution in [2.75, 3.05) is 6.54 Å². The Morgan fingerprint density at radius 1 is 0.767 bits per heavy atom. The SMILES string of the molecule is CCC(C)(C)CNCc1ccc(OCc2ccccc2)cc1OCc1ccccc1. The Balaban J connectivity index is 1.69. The molecule has 0 aliphatic carbocycles. The molecule has 3 heteroatoms. The van der Waals surface area contributed by atoms with E-state index in [0.29, 0.717) is 13.2 Å². The molecule has 0 aliphatic heterocycles. The Morgan fingerprint density at radius 2 is 1.37 bits per heavy atom. The Labute approximate surface area is 181 Å². The van der Waals surface area contributed by atoms with E-state index in [4.69, 9.17) is 9.47 Å². The monoisotopic (exact) mass is 403 g/mol. The van der Waals surface area contributed by atoms with Gasteiger partial charge < -0.3 is 14.8 Å². The molecule has 3 nitrogen and oxygen atoms in total. The minimum Gasteiger partial charge on any atom is -0.489 e. The molecule has 0 atom stereocenters. The highest BCUT2D eigenvalue weighted by Crippen LogP contribution is 2.27. The van der Waals surface area contributed by atoms with Crippen molar-refractivity contribution in [2.45, 2.75) is 47.0 Å². The first-order valence-electron chi connectivity index (χ1n) is 10.7. The van der Waals surface area contributed by atoms with Crippen LogP contribution in [0, 0.1) is 5.41 Å². The average molecular weight is 404 g/mol. The summed E-state index contributed by atoms with van der Waals surface area (Å²) in [7, 11) is 0. The van der Waals surface area contributed by atoms with Crippen molar-refractivity contribution in [3.63, 3.8) is 0 Å². The second-order valence-electron chi connectivity index (χ2n) is 8.44. The summed E-state index contributed by atoms with van der Waals surface area (Å²) in [6.07, 6.45) is 1.14. The molecule has 0 radical (unpaired) electrons. The molecule has 3 aromatic rings. The van der Waals surface area contributed by atoms with Crippen molar-refractivity contribution < 1.29 is 9.47 Å². The Bertz CT molecular complexity index is 891. The highest BCUT2D eigenvalue weighted by molar-refractivity contribution is 5.41. The van der Waals surface area contributed by atoms with Gasteiger partial charge in [-0.25, -0.2) is 0 Å². The molecular weight excluding hydrogens is 370 g/mol. The smallest absolute Gasteiger partial charge is 0.127 e. The number of rotatable bonds is 11. The summed E-state index contributed by atoms with van der Waals surface area (Å²) in [5.74, 6) is 1.69. The third-order valence-corrected chi connectivity index (χ3v) is 5.40. The van der Waals surface area contributed by atoms with E-state index >= 15 is 0 Å². The zero-order chi connectivity index (χ0) is 21.2. The van der Waals surface area contributed by atoms with Crippen molar-refractivity contribution in [1.29, 1.82) is 0 Å². The van der Waals surface area contributed by atoms with Gasteiger partial charge in [0.15, 0.2) is 0 Å². The Morgan fingerprint density at radius 3 is 1.97 bits per heavy atom. The van der Waals surface area contributed by atoms with Crippen LogP contribution in [0.15, 0.2) is 78.9 Å². The lowest BCUT2D eigenvalue weighted by Crippen LogP contribution is -2.28. The minimum absolute atomic E-state index is 0.282. The van der Waals surface area contributed by atoms with Crippen molar-refractivity contribution in [3.05, 3.63) is 95.6 Å². The van der Waals surface area contributed by atoms with Crippen LogP contribution >= 0.6 is 0 Å². The summed E-state index contributed by atoms with van der Waals surface area (Å²) >= 11 is 0. The fourth-order valence-corrected chi connectivity index (χ4v) is 3.04. The predicted molar refractivity (Wildman–Crippen MR) is 124 cm³/mol. The van der Waals surface area contributed by atoms with Crippen LogP contribution < -0.4 is 14.8 Å². The Kier molecular flexibility index (Phi) is 7.92. The molecule has 0 bridgehead atoms. The maximum absolute atomic E-state index is 6.20. The molecule has 0 amide bonds. The first kappa shape index (κ1) is 21.9. The Hall–Kier alpha value is -2.78. The first-order valence-corrected chi connectivity index (χ1v) is 10.7. The largest absolute Gasteiger partial charge is 0.489 e. The van der Waals surface area contributed by atoms with Gasteiger partial charge in [-0.05, 0) is 29.0 Å². The molecule has 0 spiro atoms. The van der Waals surface area contributed by atoms with Gasteiger partial charge in [0, 0.05) is 24.7 Å². The molecule has 3 aromatic carbocycles. The molecule has 158 valence electrons. The lowest BCUT2D eigenvalue weighted by molar-refractivity contribution is 0.285. The van der Waals surface area contributed by atoms with Crippen LogP contribution in [0.4, 0.5) is 0 Å². The van der Waals surface area contributed by atoms with E-state index in [2.05, 4.69) is 56.4 Å². The van der Waals surface area contributed by atoms with Gasteiger partial charge in [-0.15, -0.1) is 0 Å². The fourth-order valence-electron chi connectivity index (χ4n) is 3.04. The van der Waals surface area contributed by atoms with Crippen molar-refractivity contribution >= 4 is 0 Å². The molecule has 3 rings (SSSR count). The van der Waals surface area contributed by atoms with Crippen molar-refractivity contribution in [1.82, 2.24) is 5.32 Å². The molecule has 30 heavy (non-hydrogen) atoms. The summed E-state index contributed by atoms with van der Waals surface area (Å²) in [5, 5.41) is 3.59. The van der Waals surface area contributed by atoms with E-state index < -0.39 is 0 Å². The third kappa shape index (κ3) is 6.93. The van der Waals surface area contributed by atoms with E-state index in [1.807, 2.05) is 48.5 Å². The van der Waals surface area contributed by atoms with Crippen LogP contribution in [0.5, 0.6) is 11.5 Å². The number of nitrogens with one attached hydrogen (secondary N) is 1. The quantitative estimate of drug-likeness (QED) is 0.403. The highest BCUT2D eigenvalue weighted by atomic mass is 16.5. The molecule has 0 heterocycles. The predicted octanol–water partition coefficient (Wildman–Crippen LogP) is 6.37. The lowest BCUT2D eigenvalue weighted by Gasteiger charge is -2.23. The van der Waals surface area contributed by atoms with E-state index in [-0.39, 0.29) is 5.41 Å². The van der Waals surface area contributed by atoms with Crippen molar-refractivity contribution in [3.8, 4) is 11.5 Å². The van der Waals surface area contributed by atoms with Crippen LogP contribution in [0.25, 0.3) is 0 Å². The topological polar surface area (TPSA) is 30.5 Å². The summed E-state index contributed by atoms with van der Waals surface area (Å²) in [5.41, 5.74) is 3.73. The van der Waals surface area contributed by atoms with E-state index in [0.717, 1.165) is 47.7 Å². The standard InChI is InChI=1S/C27H33NO2/c1-4-27(2,3)21-28-18-24-15-16-25(29-19-22-11-7-5-8-12-22)17-26(24)30-20-23-13-9-6-10-14-23/h5-17,28H,4,18-21H2,1-3H3. The molecule has 0 fully saturated rings. The molecule has 0 saturated heterocycles. The summed E-state index contributed by atoms with van der Waals surface area (Å²) in [4.78, 5) is 0. The second-order valence-corrected chi connectivity index (χ2v) is 8.44. The van der Waals surface area contributed by atoms with Gasteiger partial charge in [0.1, 0.15) is 24.7 Å². The molecule has 0 unspecified atom stereocenters. The summed E-state index contributed by atoms with van der Waals surface area (Å²) < 4.78 is 12.2. The fraction of sp³-hybridized carbons (Fsp3) is 0.333. The summed E-state index contributed by atoms with van der Waals surface area (Å²) in [6, 6.07) is 26.6. The van der Waals surface area contributed by atoms with Gasteiger partial charge in [0.05, 0.1) is 0 Å². The lowest BCUT2D eigenvalue weighted by atomic mass is 9.90. The minimum atomic E-state index is 0.282. The molecule has 0 aliphatic rings. The number of hydrogen-bond donors (Lipinski definition) is 1. The van der Waals surface area contributed by atoms with Gasteiger partial charge >= 0.3 is 0 Å². The normalized spacial score (nSPS) is 11.3. The zero-order valence-corrected chi connectivity index (χ0v) is 18.4. The molecule has 1 N–H and O–H groups in total. The first-order chi connectivity index (χ1) is 14.6. The van der Waals surface area contributed by atoms with E-state index in [1.54, 1.807) is 0 Å². The average Bonchev–Trinajstić information content (AvgIpc) is 2.78. The highest BCUT2D eigenvalue weighted by Gasteiger charge is 2.15. The molecule has 0 saturated carbocycles. The van der Waals surface area contributed by atoms with Gasteiger partial charge in [-0.1, -0.05) is 87.5 Å².